The number of hydrogen-bond donors (Lipinski definition) is 1. The highest BCUT2D eigenvalue weighted by Crippen LogP contribution is 2.21. The summed E-state index contributed by atoms with van der Waals surface area (Å²) >= 11 is 0. The molecule has 0 amide bonds. The molecule has 0 saturated carbocycles. The summed E-state index contributed by atoms with van der Waals surface area (Å²) in [4.78, 5) is 5.82. The highest BCUT2D eigenvalue weighted by Gasteiger charge is 2.36. The zero-order valence-corrected chi connectivity index (χ0v) is 8.07. The second-order valence-electron chi connectivity index (χ2n) is 4.15. The Bertz CT molecular complexity index is 333. The van der Waals surface area contributed by atoms with Crippen molar-refractivity contribution in [3.8, 4) is 0 Å². The summed E-state index contributed by atoms with van der Waals surface area (Å²) < 4.78 is 12.8. The number of pyridine rings is 1. The number of halogens is 1. The Kier molecular flexibility index (Phi) is 2.25. The van der Waals surface area contributed by atoms with Gasteiger partial charge in [0.15, 0.2) is 0 Å². The molecular formula is C10H13FN2O. The van der Waals surface area contributed by atoms with Gasteiger partial charge < -0.3 is 5.11 Å². The van der Waals surface area contributed by atoms with Crippen LogP contribution >= 0.6 is 0 Å². The summed E-state index contributed by atoms with van der Waals surface area (Å²) in [5, 5.41) is 9.48. The third-order valence-corrected chi connectivity index (χ3v) is 2.30. The van der Waals surface area contributed by atoms with Gasteiger partial charge in [-0.1, -0.05) is 0 Å². The lowest BCUT2D eigenvalue weighted by atomic mass is 9.96. The molecule has 1 aromatic rings. The fraction of sp³-hybridized carbons (Fsp3) is 0.500. The largest absolute Gasteiger partial charge is 0.388 e. The molecule has 1 saturated heterocycles. The number of aliphatic hydroxyl groups is 1. The predicted molar refractivity (Wildman–Crippen MR) is 50.1 cm³/mol. The highest BCUT2D eigenvalue weighted by molar-refractivity contribution is 5.11. The maximum atomic E-state index is 12.8. The predicted octanol–water partition coefficient (Wildman–Crippen LogP) is 0.787. The molecule has 2 heterocycles. The van der Waals surface area contributed by atoms with Gasteiger partial charge >= 0.3 is 0 Å². The number of β-amino-alcohol motifs (C(OH)–C–C–N with tert-alkyl or cyclic N) is 1. The van der Waals surface area contributed by atoms with E-state index in [4.69, 9.17) is 0 Å². The monoisotopic (exact) mass is 196 g/mol. The molecular weight excluding hydrogens is 183 g/mol. The van der Waals surface area contributed by atoms with Crippen molar-refractivity contribution in [3.05, 3.63) is 29.8 Å². The molecule has 1 aliphatic heterocycles. The summed E-state index contributed by atoms with van der Waals surface area (Å²) in [6, 6.07) is 1.47. The Hall–Kier alpha value is -1.00. The van der Waals surface area contributed by atoms with E-state index in [-0.39, 0.29) is 5.82 Å². The van der Waals surface area contributed by atoms with Gasteiger partial charge in [-0.05, 0) is 18.6 Å². The number of likely N-dealkylation sites (tertiary alicyclic amines) is 1. The van der Waals surface area contributed by atoms with Crippen LogP contribution in [0.5, 0.6) is 0 Å². The fourth-order valence-electron chi connectivity index (χ4n) is 1.83. The molecule has 0 radical (unpaired) electrons. The molecule has 1 N–H and O–H groups in total. The Balaban J connectivity index is 1.93. The molecule has 14 heavy (non-hydrogen) atoms. The van der Waals surface area contributed by atoms with Crippen molar-refractivity contribution in [2.24, 2.45) is 0 Å². The molecule has 1 fully saturated rings. The van der Waals surface area contributed by atoms with Crippen molar-refractivity contribution in [1.29, 1.82) is 0 Å². The van der Waals surface area contributed by atoms with Crippen LogP contribution in [0.3, 0.4) is 0 Å². The van der Waals surface area contributed by atoms with Gasteiger partial charge in [0.05, 0.1) is 11.8 Å². The number of aromatic nitrogens is 1. The van der Waals surface area contributed by atoms with Crippen molar-refractivity contribution < 1.29 is 9.50 Å². The van der Waals surface area contributed by atoms with E-state index >= 15 is 0 Å². The van der Waals surface area contributed by atoms with Gasteiger partial charge in [-0.25, -0.2) is 4.39 Å². The van der Waals surface area contributed by atoms with E-state index in [1.54, 1.807) is 13.1 Å². The van der Waals surface area contributed by atoms with Gasteiger partial charge in [0.25, 0.3) is 0 Å². The van der Waals surface area contributed by atoms with Crippen molar-refractivity contribution in [1.82, 2.24) is 9.88 Å². The average molecular weight is 196 g/mol. The van der Waals surface area contributed by atoms with E-state index < -0.39 is 5.60 Å². The van der Waals surface area contributed by atoms with E-state index in [0.29, 0.717) is 19.6 Å². The lowest BCUT2D eigenvalue weighted by Crippen LogP contribution is -2.59. The van der Waals surface area contributed by atoms with Crippen LogP contribution in [0.25, 0.3) is 0 Å². The molecule has 0 aromatic carbocycles. The molecule has 0 bridgehead atoms. The summed E-state index contributed by atoms with van der Waals surface area (Å²) in [6.45, 7) is 3.74. The van der Waals surface area contributed by atoms with Crippen LogP contribution in [0.2, 0.25) is 0 Å². The molecule has 76 valence electrons. The lowest BCUT2D eigenvalue weighted by molar-refractivity contribution is -0.0871. The van der Waals surface area contributed by atoms with Crippen LogP contribution < -0.4 is 0 Å². The van der Waals surface area contributed by atoms with Crippen molar-refractivity contribution in [3.63, 3.8) is 0 Å². The molecule has 0 atom stereocenters. The molecule has 0 aliphatic carbocycles. The van der Waals surface area contributed by atoms with Crippen LogP contribution in [0.15, 0.2) is 18.5 Å². The molecule has 2 rings (SSSR count). The Morgan fingerprint density at radius 3 is 2.86 bits per heavy atom. The van der Waals surface area contributed by atoms with Gasteiger partial charge in [-0.3, -0.25) is 9.88 Å². The second-order valence-corrected chi connectivity index (χ2v) is 4.15. The van der Waals surface area contributed by atoms with E-state index in [1.165, 1.54) is 12.3 Å². The van der Waals surface area contributed by atoms with Gasteiger partial charge in [-0.2, -0.15) is 0 Å². The second kappa shape index (κ2) is 3.29. The minimum absolute atomic E-state index is 0.310. The number of nitrogens with zero attached hydrogens (tertiary/aromatic N) is 2. The highest BCUT2D eigenvalue weighted by atomic mass is 19.1. The maximum absolute atomic E-state index is 12.8. The third-order valence-electron chi connectivity index (χ3n) is 2.30. The first kappa shape index (κ1) is 9.55. The van der Waals surface area contributed by atoms with Crippen molar-refractivity contribution in [2.75, 3.05) is 13.1 Å². The van der Waals surface area contributed by atoms with Crippen molar-refractivity contribution in [2.45, 2.75) is 19.1 Å². The summed E-state index contributed by atoms with van der Waals surface area (Å²) in [6.07, 6.45) is 2.84. The normalized spacial score (nSPS) is 20.5. The summed E-state index contributed by atoms with van der Waals surface area (Å²) in [5.74, 6) is -0.310. The zero-order valence-electron chi connectivity index (χ0n) is 8.07. The van der Waals surface area contributed by atoms with Gasteiger partial charge in [-0.15, -0.1) is 0 Å². The maximum Gasteiger partial charge on any atom is 0.141 e. The van der Waals surface area contributed by atoms with Crippen LogP contribution in [0, 0.1) is 5.82 Å². The molecule has 1 aliphatic rings. The fourth-order valence-corrected chi connectivity index (χ4v) is 1.83. The Labute approximate surface area is 82.2 Å². The first-order valence-corrected chi connectivity index (χ1v) is 4.59. The van der Waals surface area contributed by atoms with E-state index in [1.807, 2.05) is 0 Å². The minimum atomic E-state index is -0.569. The summed E-state index contributed by atoms with van der Waals surface area (Å²) in [7, 11) is 0. The minimum Gasteiger partial charge on any atom is -0.388 e. The average Bonchev–Trinajstić information content (AvgIpc) is 2.00. The van der Waals surface area contributed by atoms with E-state index in [9.17, 15) is 9.50 Å². The number of rotatable bonds is 2. The quantitative estimate of drug-likeness (QED) is 0.759. The Morgan fingerprint density at radius 1 is 1.57 bits per heavy atom. The van der Waals surface area contributed by atoms with E-state index in [0.717, 1.165) is 5.56 Å². The lowest BCUT2D eigenvalue weighted by Gasteiger charge is -2.44. The topological polar surface area (TPSA) is 36.4 Å². The van der Waals surface area contributed by atoms with Crippen LogP contribution in [-0.4, -0.2) is 33.7 Å². The molecule has 0 unspecified atom stereocenters. The number of hydrogen-bond acceptors (Lipinski definition) is 3. The van der Waals surface area contributed by atoms with Crippen LogP contribution in [0.1, 0.15) is 12.5 Å². The van der Waals surface area contributed by atoms with Crippen molar-refractivity contribution >= 4 is 0 Å². The van der Waals surface area contributed by atoms with Crippen LogP contribution in [-0.2, 0) is 6.54 Å². The smallest absolute Gasteiger partial charge is 0.141 e. The molecule has 3 nitrogen and oxygen atoms in total. The molecule has 1 aromatic heterocycles. The first-order chi connectivity index (χ1) is 6.55. The summed E-state index contributed by atoms with van der Waals surface area (Å²) in [5.41, 5.74) is 0.279. The van der Waals surface area contributed by atoms with E-state index in [2.05, 4.69) is 9.88 Å². The van der Waals surface area contributed by atoms with Crippen LogP contribution in [0.4, 0.5) is 4.39 Å². The van der Waals surface area contributed by atoms with Gasteiger partial charge in [0, 0.05) is 25.8 Å². The molecule has 4 heteroatoms. The third kappa shape index (κ3) is 2.08. The molecule has 0 spiro atoms. The van der Waals surface area contributed by atoms with Gasteiger partial charge in [0.2, 0.25) is 0 Å². The standard InChI is InChI=1S/C10H13FN2O/c1-10(14)6-13(7-10)5-8-2-9(11)4-12-3-8/h2-4,14H,5-7H2,1H3. The Morgan fingerprint density at radius 2 is 2.29 bits per heavy atom. The van der Waals surface area contributed by atoms with Gasteiger partial charge in [0.1, 0.15) is 5.82 Å². The first-order valence-electron chi connectivity index (χ1n) is 4.59. The zero-order chi connectivity index (χ0) is 10.2. The SMILES string of the molecule is CC1(O)CN(Cc2cncc(F)c2)C1.